The largest absolute Gasteiger partial charge is 0.452 e. The number of hydrogen-bond donors (Lipinski definition) is 0. The lowest BCUT2D eigenvalue weighted by Gasteiger charge is -2.16. The standard InChI is InChI=1S/3C6H7N.C6H12OS.C6H12O.C6H12S.C4H5NO.C4H7NO.8C2H6.CH4/c1-6-2-4-7-5-3-6;1-6-3-2-4-7-5-6;1-6-4-2-3-5-7-6;1-6-2-4-8(7)5-3-6;2*1-6-2-4-7-5-3-6;1-4-2-6-3-5-4;1-4-2-3-6-5-4;8*1-2;/h3*2-5H,1H3;6H,2-5H2,1H3;2*6H,2-5H2,1H3;2-3H,1H3;2-3H2,1H3;8*1-2H3;1H4. The first-order chi connectivity index (χ1) is 34.5. The summed E-state index contributed by atoms with van der Waals surface area (Å²) < 4.78 is 20.5. The molecule has 0 spiro atoms. The smallest absolute Gasteiger partial charge is 0.180 e. The van der Waals surface area contributed by atoms with Crippen molar-refractivity contribution in [1.82, 2.24) is 19.9 Å². The average Bonchev–Trinajstić information content (AvgIpc) is 4.15. The molecule has 8 rings (SSSR count). The predicted molar refractivity (Wildman–Crippen MR) is 331 cm³/mol. The van der Waals surface area contributed by atoms with Gasteiger partial charge in [-0.25, -0.2) is 4.98 Å². The minimum absolute atomic E-state index is 0. The van der Waals surface area contributed by atoms with E-state index in [0.29, 0.717) is 0 Å². The van der Waals surface area contributed by atoms with Crippen LogP contribution >= 0.6 is 11.8 Å². The van der Waals surface area contributed by atoms with Gasteiger partial charge in [0.25, 0.3) is 0 Å². The minimum atomic E-state index is -0.461. The number of nitrogens with zero attached hydrogens (tertiary/aromatic N) is 5. The van der Waals surface area contributed by atoms with Crippen molar-refractivity contribution in [1.29, 1.82) is 0 Å². The van der Waals surface area contributed by atoms with Gasteiger partial charge in [-0.3, -0.25) is 19.2 Å². The van der Waals surface area contributed by atoms with Gasteiger partial charge in [-0.05, 0) is 144 Å². The van der Waals surface area contributed by atoms with Crippen molar-refractivity contribution in [3.8, 4) is 0 Å². The normalized spacial score (nSPS) is 14.9. The van der Waals surface area contributed by atoms with E-state index < -0.39 is 10.8 Å². The van der Waals surface area contributed by atoms with E-state index in [1.54, 1.807) is 31.1 Å². The maximum Gasteiger partial charge on any atom is 0.180 e. The lowest BCUT2D eigenvalue weighted by Crippen LogP contribution is -2.15. The molecular weight excluding hydrogens is 931 g/mol. The van der Waals surface area contributed by atoms with Crippen molar-refractivity contribution < 1.29 is 18.2 Å². The first kappa shape index (κ1) is 88.2. The minimum Gasteiger partial charge on any atom is -0.452 e. The van der Waals surface area contributed by atoms with E-state index in [0.717, 1.165) is 72.6 Å². The summed E-state index contributed by atoms with van der Waals surface area (Å²) in [6, 6.07) is 13.7. The Labute approximate surface area is 457 Å². The SMILES string of the molecule is C.CC.CC.CC.CC.CC.CC.CC.CC.CC1=NOCC1.CC1CCOCC1.CC1CCS(=O)CC1.CC1CCSCC1.Cc1ccccn1.Cc1cccnc1.Cc1ccncc1.Cc1cocn1. The van der Waals surface area contributed by atoms with Crippen molar-refractivity contribution in [2.24, 2.45) is 22.9 Å². The molecule has 11 heteroatoms. The van der Waals surface area contributed by atoms with Crippen molar-refractivity contribution in [2.45, 2.75) is 219 Å². The van der Waals surface area contributed by atoms with E-state index >= 15 is 0 Å². The molecule has 0 bridgehead atoms. The zero-order valence-electron chi connectivity index (χ0n) is 50.9. The fourth-order valence-electron chi connectivity index (χ4n) is 4.53. The predicted octanol–water partition coefficient (Wildman–Crippen LogP) is 19.5. The fraction of sp³-hybridized carbons (Fsp3) is 0.689. The molecule has 0 saturated carbocycles. The zero-order chi connectivity index (χ0) is 56.4. The van der Waals surface area contributed by atoms with Gasteiger partial charge in [0.2, 0.25) is 0 Å². The second-order valence-electron chi connectivity index (χ2n) is 14.2. The second kappa shape index (κ2) is 81.6. The molecule has 0 N–H and O–H groups in total. The third-order valence-corrected chi connectivity index (χ3v) is 10.9. The maximum absolute atomic E-state index is 10.7. The van der Waals surface area contributed by atoms with Crippen molar-refractivity contribution in [3.05, 3.63) is 109 Å². The number of aromatic nitrogens is 4. The molecule has 4 aromatic heterocycles. The fourth-order valence-corrected chi connectivity index (χ4v) is 7.41. The molecule has 3 saturated heterocycles. The summed E-state index contributed by atoms with van der Waals surface area (Å²) >= 11 is 2.10. The van der Waals surface area contributed by atoms with Crippen LogP contribution in [0.4, 0.5) is 0 Å². The topological polar surface area (TPSA) is 113 Å². The van der Waals surface area contributed by atoms with Crippen LogP contribution in [0.3, 0.4) is 0 Å². The molecule has 0 aliphatic carbocycles. The quantitative estimate of drug-likeness (QED) is 0.170. The van der Waals surface area contributed by atoms with E-state index in [1.807, 2.05) is 194 Å². The molecule has 0 aromatic carbocycles. The summed E-state index contributed by atoms with van der Waals surface area (Å²) in [6.45, 7) is 51.5. The van der Waals surface area contributed by atoms with E-state index in [1.165, 1.54) is 67.6 Å². The highest BCUT2D eigenvalue weighted by Gasteiger charge is 2.12. The van der Waals surface area contributed by atoms with Gasteiger partial charge in [-0.2, -0.15) is 11.8 Å². The van der Waals surface area contributed by atoms with E-state index in [2.05, 4.69) is 66.9 Å². The molecule has 72 heavy (non-hydrogen) atoms. The lowest BCUT2D eigenvalue weighted by atomic mass is 10.0. The van der Waals surface area contributed by atoms with Gasteiger partial charge >= 0.3 is 0 Å². The number of pyridine rings is 3. The van der Waals surface area contributed by atoms with E-state index in [4.69, 9.17) is 4.74 Å². The average molecular weight is 1050 g/mol. The van der Waals surface area contributed by atoms with Crippen LogP contribution in [-0.4, -0.2) is 72.7 Å². The van der Waals surface area contributed by atoms with Crippen LogP contribution in [0.2, 0.25) is 0 Å². The highest BCUT2D eigenvalue weighted by Crippen LogP contribution is 2.21. The highest BCUT2D eigenvalue weighted by molar-refractivity contribution is 7.99. The number of ether oxygens (including phenoxy) is 1. The molecule has 8 heterocycles. The third-order valence-electron chi connectivity index (χ3n) is 8.50. The Balaban J connectivity index is -0.0000000864. The summed E-state index contributed by atoms with van der Waals surface area (Å²) in [5, 5.41) is 3.65. The molecule has 0 radical (unpaired) electrons. The second-order valence-corrected chi connectivity index (χ2v) is 17.1. The van der Waals surface area contributed by atoms with Gasteiger partial charge in [0.05, 0.1) is 11.4 Å². The Morgan fingerprint density at radius 1 is 0.528 bits per heavy atom. The van der Waals surface area contributed by atoms with Gasteiger partial charge in [0.15, 0.2) is 6.39 Å². The highest BCUT2D eigenvalue weighted by atomic mass is 32.2. The van der Waals surface area contributed by atoms with Gasteiger partial charge in [-0.1, -0.05) is 156 Å². The van der Waals surface area contributed by atoms with Crippen LogP contribution in [0.25, 0.3) is 0 Å². The Morgan fingerprint density at radius 3 is 1.24 bits per heavy atom. The number of hydrogen-bond acceptors (Lipinski definition) is 10. The van der Waals surface area contributed by atoms with Crippen LogP contribution in [0.5, 0.6) is 0 Å². The third kappa shape index (κ3) is 78.0. The first-order valence-corrected chi connectivity index (χ1v) is 30.3. The van der Waals surface area contributed by atoms with E-state index in [9.17, 15) is 4.21 Å². The van der Waals surface area contributed by atoms with Crippen molar-refractivity contribution in [3.63, 3.8) is 0 Å². The van der Waals surface area contributed by atoms with E-state index in [-0.39, 0.29) is 7.43 Å². The Bertz CT molecular complexity index is 1340. The van der Waals surface area contributed by atoms with Crippen LogP contribution in [0.15, 0.2) is 95.7 Å². The van der Waals surface area contributed by atoms with Gasteiger partial charge in [0, 0.05) is 78.6 Å². The number of oxime groups is 1. The number of rotatable bonds is 0. The molecule has 4 aliphatic heterocycles. The first-order valence-electron chi connectivity index (χ1n) is 27.7. The Hall–Kier alpha value is -3.41. The number of thioether (sulfide) groups is 1. The maximum atomic E-state index is 10.7. The van der Waals surface area contributed by atoms with Crippen LogP contribution in [0, 0.1) is 45.4 Å². The summed E-state index contributed by atoms with van der Waals surface area (Å²) in [5.74, 6) is 7.45. The molecule has 3 fully saturated rings. The molecule has 0 unspecified atom stereocenters. The van der Waals surface area contributed by atoms with Crippen molar-refractivity contribution >= 4 is 28.3 Å². The molecule has 0 amide bonds. The summed E-state index contributed by atoms with van der Waals surface area (Å²) in [5.41, 5.74) is 5.57. The zero-order valence-corrected chi connectivity index (χ0v) is 52.5. The van der Waals surface area contributed by atoms with Crippen LogP contribution in [0.1, 0.15) is 213 Å². The summed E-state index contributed by atoms with van der Waals surface area (Å²) in [6.07, 6.45) is 20.8. The number of aryl methyl sites for hydroxylation is 4. The lowest BCUT2D eigenvalue weighted by molar-refractivity contribution is 0.0716. The van der Waals surface area contributed by atoms with Crippen LogP contribution < -0.4 is 0 Å². The van der Waals surface area contributed by atoms with Gasteiger partial charge in [-0.15, -0.1) is 0 Å². The van der Waals surface area contributed by atoms with Crippen molar-refractivity contribution in [2.75, 3.05) is 42.8 Å². The molecule has 0 atom stereocenters. The molecular formula is C61H121N5O4S2. The Kier molecular flexibility index (Phi) is 100. The monoisotopic (exact) mass is 1050 g/mol. The summed E-state index contributed by atoms with van der Waals surface area (Å²) in [4.78, 5) is 20.1. The van der Waals surface area contributed by atoms with Gasteiger partial charge < -0.3 is 14.0 Å². The van der Waals surface area contributed by atoms with Gasteiger partial charge in [0.1, 0.15) is 12.9 Å². The Morgan fingerprint density at radius 2 is 1.03 bits per heavy atom. The summed E-state index contributed by atoms with van der Waals surface area (Å²) in [7, 11) is -0.461. The molecule has 4 aliphatic rings. The molecule has 9 nitrogen and oxygen atoms in total. The molecule has 4 aromatic rings. The number of oxazole rings is 1. The van der Waals surface area contributed by atoms with Crippen LogP contribution in [-0.2, 0) is 20.4 Å². The molecule has 426 valence electrons.